The van der Waals surface area contributed by atoms with E-state index in [0.717, 1.165) is 11.4 Å². The fourth-order valence-electron chi connectivity index (χ4n) is 1.93. The summed E-state index contributed by atoms with van der Waals surface area (Å²) < 4.78 is 26.5. The van der Waals surface area contributed by atoms with Gasteiger partial charge in [-0.2, -0.15) is 4.31 Å². The van der Waals surface area contributed by atoms with Gasteiger partial charge in [-0.15, -0.1) is 11.3 Å². The second-order valence-electron chi connectivity index (χ2n) is 3.85. The van der Waals surface area contributed by atoms with Gasteiger partial charge in [-0.05, 0) is 11.4 Å². The van der Waals surface area contributed by atoms with Crippen molar-refractivity contribution < 1.29 is 8.42 Å². The summed E-state index contributed by atoms with van der Waals surface area (Å²) in [5.74, 6) is 0. The summed E-state index contributed by atoms with van der Waals surface area (Å²) in [6.45, 7) is 0.883. The maximum Gasteiger partial charge on any atom is 0.252 e. The number of hydrogen-bond donors (Lipinski definition) is 1. The highest BCUT2D eigenvalue weighted by atomic mass is 32.2. The maximum atomic E-state index is 12.3. The molecule has 1 aliphatic heterocycles. The monoisotopic (exact) mass is 269 g/mol. The minimum atomic E-state index is -3.34. The highest BCUT2D eigenvalue weighted by Crippen LogP contribution is 2.25. The van der Waals surface area contributed by atoms with Crippen LogP contribution in [-0.2, 0) is 23.0 Å². The quantitative estimate of drug-likeness (QED) is 0.891. The SMILES string of the molecule is O=S(=O)(c1cccs1)N1CCc2nc[nH]c2C1. The largest absolute Gasteiger partial charge is 0.347 e. The van der Waals surface area contributed by atoms with Crippen molar-refractivity contribution in [1.82, 2.24) is 14.3 Å². The average molecular weight is 269 g/mol. The predicted octanol–water partition coefficient (Wildman–Crippen LogP) is 1.22. The van der Waals surface area contributed by atoms with Crippen LogP contribution in [0.25, 0.3) is 0 Å². The molecule has 0 aliphatic carbocycles. The van der Waals surface area contributed by atoms with Gasteiger partial charge in [-0.25, -0.2) is 13.4 Å². The number of aromatic amines is 1. The average Bonchev–Trinajstić information content (AvgIpc) is 2.99. The molecule has 3 rings (SSSR count). The van der Waals surface area contributed by atoms with E-state index < -0.39 is 10.0 Å². The van der Waals surface area contributed by atoms with Crippen molar-refractivity contribution >= 4 is 21.4 Å². The van der Waals surface area contributed by atoms with E-state index in [1.165, 1.54) is 15.6 Å². The molecule has 3 heterocycles. The van der Waals surface area contributed by atoms with Gasteiger partial charge < -0.3 is 4.98 Å². The van der Waals surface area contributed by atoms with Crippen LogP contribution < -0.4 is 0 Å². The standard InChI is InChI=1S/C10H11N3O2S2/c14-17(15,10-2-1-5-16-10)13-4-3-8-9(6-13)12-7-11-8/h1-2,5,7H,3-4,6H2,(H,11,12). The molecule has 1 N–H and O–H groups in total. The first-order chi connectivity index (χ1) is 8.18. The van der Waals surface area contributed by atoms with E-state index in [2.05, 4.69) is 9.97 Å². The van der Waals surface area contributed by atoms with Crippen LogP contribution in [-0.4, -0.2) is 29.2 Å². The lowest BCUT2D eigenvalue weighted by molar-refractivity contribution is 0.386. The number of fused-ring (bicyclic) bond motifs is 1. The fraction of sp³-hybridized carbons (Fsp3) is 0.300. The fourth-order valence-corrected chi connectivity index (χ4v) is 4.48. The van der Waals surface area contributed by atoms with Crippen molar-refractivity contribution in [3.63, 3.8) is 0 Å². The second kappa shape index (κ2) is 3.94. The molecule has 0 bridgehead atoms. The number of H-pyrrole nitrogens is 1. The van der Waals surface area contributed by atoms with Crippen molar-refractivity contribution in [3.8, 4) is 0 Å². The first-order valence-electron chi connectivity index (χ1n) is 5.23. The molecule has 1 aliphatic rings. The van der Waals surface area contributed by atoms with Crippen molar-refractivity contribution in [1.29, 1.82) is 0 Å². The second-order valence-corrected chi connectivity index (χ2v) is 6.96. The number of imidazole rings is 1. The van der Waals surface area contributed by atoms with Gasteiger partial charge >= 0.3 is 0 Å². The van der Waals surface area contributed by atoms with Crippen LogP contribution in [0.15, 0.2) is 28.0 Å². The zero-order valence-electron chi connectivity index (χ0n) is 8.96. The van der Waals surface area contributed by atoms with Crippen molar-refractivity contribution in [3.05, 3.63) is 35.2 Å². The molecule has 0 fully saturated rings. The molecule has 0 radical (unpaired) electrons. The van der Waals surface area contributed by atoms with E-state index >= 15 is 0 Å². The Bertz CT molecular complexity index is 616. The van der Waals surface area contributed by atoms with Crippen LogP contribution in [0, 0.1) is 0 Å². The minimum absolute atomic E-state index is 0.384. The van der Waals surface area contributed by atoms with Gasteiger partial charge in [0.1, 0.15) is 4.21 Å². The van der Waals surface area contributed by atoms with Gasteiger partial charge in [-0.1, -0.05) is 6.07 Å². The van der Waals surface area contributed by atoms with Gasteiger partial charge in [-0.3, -0.25) is 0 Å². The molecule has 5 nitrogen and oxygen atoms in total. The number of sulfonamides is 1. The third-order valence-electron chi connectivity index (χ3n) is 2.83. The topological polar surface area (TPSA) is 66.1 Å². The molecule has 2 aromatic heterocycles. The van der Waals surface area contributed by atoms with Crippen LogP contribution in [0.4, 0.5) is 0 Å². The minimum Gasteiger partial charge on any atom is -0.347 e. The van der Waals surface area contributed by atoms with E-state index in [1.807, 2.05) is 0 Å². The molecule has 0 aromatic carbocycles. The maximum absolute atomic E-state index is 12.3. The van der Waals surface area contributed by atoms with Crippen LogP contribution in [0.2, 0.25) is 0 Å². The lowest BCUT2D eigenvalue weighted by Gasteiger charge is -2.24. The Morgan fingerprint density at radius 1 is 1.47 bits per heavy atom. The highest BCUT2D eigenvalue weighted by molar-refractivity contribution is 7.91. The Labute approximate surface area is 103 Å². The van der Waals surface area contributed by atoms with Crippen LogP contribution in [0.1, 0.15) is 11.4 Å². The van der Waals surface area contributed by atoms with E-state index in [0.29, 0.717) is 23.7 Å². The number of nitrogens with one attached hydrogen (secondary N) is 1. The Kier molecular flexibility index (Phi) is 2.53. The van der Waals surface area contributed by atoms with Gasteiger partial charge in [0.05, 0.1) is 24.3 Å². The molecular weight excluding hydrogens is 258 g/mol. The third-order valence-corrected chi connectivity index (χ3v) is 6.05. The highest BCUT2D eigenvalue weighted by Gasteiger charge is 2.29. The summed E-state index contributed by atoms with van der Waals surface area (Å²) in [6, 6.07) is 3.39. The van der Waals surface area contributed by atoms with E-state index in [-0.39, 0.29) is 0 Å². The predicted molar refractivity (Wildman–Crippen MR) is 64.2 cm³/mol. The Morgan fingerprint density at radius 3 is 3.12 bits per heavy atom. The van der Waals surface area contributed by atoms with Crippen LogP contribution >= 0.6 is 11.3 Å². The number of rotatable bonds is 2. The Morgan fingerprint density at radius 2 is 2.35 bits per heavy atom. The molecule has 0 amide bonds. The first-order valence-corrected chi connectivity index (χ1v) is 7.54. The van der Waals surface area contributed by atoms with Crippen LogP contribution in [0.3, 0.4) is 0 Å². The smallest absolute Gasteiger partial charge is 0.252 e. The zero-order valence-corrected chi connectivity index (χ0v) is 10.6. The normalized spacial score (nSPS) is 16.9. The Hall–Kier alpha value is -1.18. The van der Waals surface area contributed by atoms with E-state index in [9.17, 15) is 8.42 Å². The summed E-state index contributed by atoms with van der Waals surface area (Å²) in [6.07, 6.45) is 2.29. The van der Waals surface area contributed by atoms with Crippen molar-refractivity contribution in [2.75, 3.05) is 6.54 Å². The number of nitrogens with zero attached hydrogens (tertiary/aromatic N) is 2. The number of aromatic nitrogens is 2. The summed E-state index contributed by atoms with van der Waals surface area (Å²) >= 11 is 1.25. The molecule has 2 aromatic rings. The molecule has 17 heavy (non-hydrogen) atoms. The summed E-state index contributed by atoms with van der Waals surface area (Å²) in [7, 11) is -3.34. The van der Waals surface area contributed by atoms with E-state index in [1.54, 1.807) is 23.8 Å². The molecule has 0 spiro atoms. The van der Waals surface area contributed by atoms with Gasteiger partial charge in [0.15, 0.2) is 0 Å². The summed E-state index contributed by atoms with van der Waals surface area (Å²) in [5, 5.41) is 1.78. The molecular formula is C10H11N3O2S2. The van der Waals surface area contributed by atoms with Crippen molar-refractivity contribution in [2.45, 2.75) is 17.2 Å². The van der Waals surface area contributed by atoms with Crippen LogP contribution in [0.5, 0.6) is 0 Å². The summed E-state index contributed by atoms with van der Waals surface area (Å²) in [4.78, 5) is 7.15. The first kappa shape index (κ1) is 10.9. The molecule has 7 heteroatoms. The molecule has 0 unspecified atom stereocenters. The summed E-state index contributed by atoms with van der Waals surface area (Å²) in [5.41, 5.74) is 1.87. The number of thiophene rings is 1. The van der Waals surface area contributed by atoms with Gasteiger partial charge in [0.2, 0.25) is 0 Å². The van der Waals surface area contributed by atoms with Gasteiger partial charge in [0.25, 0.3) is 10.0 Å². The Balaban J connectivity index is 1.93. The van der Waals surface area contributed by atoms with E-state index in [4.69, 9.17) is 0 Å². The lowest BCUT2D eigenvalue weighted by atomic mass is 10.2. The number of hydrogen-bond acceptors (Lipinski definition) is 4. The molecule has 0 saturated carbocycles. The molecule has 90 valence electrons. The molecule has 0 atom stereocenters. The van der Waals surface area contributed by atoms with Crippen molar-refractivity contribution in [2.24, 2.45) is 0 Å². The molecule has 0 saturated heterocycles. The third kappa shape index (κ3) is 1.80. The van der Waals surface area contributed by atoms with Gasteiger partial charge in [0, 0.05) is 13.0 Å². The zero-order chi connectivity index (χ0) is 11.9. The lowest BCUT2D eigenvalue weighted by Crippen LogP contribution is -2.35.